The van der Waals surface area contributed by atoms with Gasteiger partial charge in [0.1, 0.15) is 11.4 Å². The standard InChI is InChI=1S/C22H26N4O/c1-3-26-14-6-7-17(26)15-23-22-20-9-5-4-8-19(20)21(24-25-22)16-10-12-18(27-2)13-11-16/h4-5,8-13,17H,3,6-7,14-15H2,1-2H3,(H,23,25). The Balaban J connectivity index is 1.63. The van der Waals surface area contributed by atoms with E-state index in [1.165, 1.54) is 19.4 Å². The molecular formula is C22H26N4O. The Hall–Kier alpha value is -2.66. The second-order valence-electron chi connectivity index (χ2n) is 6.98. The molecule has 0 radical (unpaired) electrons. The van der Waals surface area contributed by atoms with Gasteiger partial charge in [0.2, 0.25) is 0 Å². The molecule has 5 nitrogen and oxygen atoms in total. The fourth-order valence-electron chi connectivity index (χ4n) is 3.95. The number of hydrogen-bond acceptors (Lipinski definition) is 5. The van der Waals surface area contributed by atoms with Crippen molar-refractivity contribution in [3.05, 3.63) is 48.5 Å². The molecule has 1 aromatic heterocycles. The fraction of sp³-hybridized carbons (Fsp3) is 0.364. The van der Waals surface area contributed by atoms with Crippen LogP contribution in [-0.4, -0.2) is 47.9 Å². The highest BCUT2D eigenvalue weighted by molar-refractivity contribution is 6.00. The van der Waals surface area contributed by atoms with Crippen molar-refractivity contribution in [2.24, 2.45) is 0 Å². The number of aromatic nitrogens is 2. The molecule has 2 aromatic carbocycles. The van der Waals surface area contributed by atoms with Crippen molar-refractivity contribution in [2.45, 2.75) is 25.8 Å². The molecule has 140 valence electrons. The van der Waals surface area contributed by atoms with Gasteiger partial charge in [0.15, 0.2) is 5.82 Å². The minimum atomic E-state index is 0.580. The Morgan fingerprint density at radius 2 is 1.85 bits per heavy atom. The number of hydrogen-bond donors (Lipinski definition) is 1. The van der Waals surface area contributed by atoms with E-state index in [4.69, 9.17) is 4.74 Å². The first kappa shape index (κ1) is 17.7. The average molecular weight is 362 g/mol. The number of benzene rings is 2. The maximum Gasteiger partial charge on any atom is 0.156 e. The van der Waals surface area contributed by atoms with Crippen LogP contribution < -0.4 is 10.1 Å². The molecule has 0 spiro atoms. The molecule has 3 aromatic rings. The van der Waals surface area contributed by atoms with Crippen LogP contribution in [0.25, 0.3) is 22.0 Å². The normalized spacial score (nSPS) is 17.3. The third kappa shape index (κ3) is 3.60. The Kier molecular flexibility index (Phi) is 5.21. The summed E-state index contributed by atoms with van der Waals surface area (Å²) in [5, 5.41) is 14.9. The summed E-state index contributed by atoms with van der Waals surface area (Å²) in [5.74, 6) is 1.71. The molecule has 5 heteroatoms. The molecule has 0 aliphatic carbocycles. The van der Waals surface area contributed by atoms with Crippen LogP contribution in [0.2, 0.25) is 0 Å². The van der Waals surface area contributed by atoms with Crippen LogP contribution in [0.5, 0.6) is 5.75 Å². The lowest BCUT2D eigenvalue weighted by Gasteiger charge is -2.23. The molecule has 2 heterocycles. The lowest BCUT2D eigenvalue weighted by atomic mass is 10.0. The van der Waals surface area contributed by atoms with Crippen LogP contribution in [0.3, 0.4) is 0 Å². The smallest absolute Gasteiger partial charge is 0.156 e. The van der Waals surface area contributed by atoms with Crippen LogP contribution in [0.1, 0.15) is 19.8 Å². The van der Waals surface area contributed by atoms with E-state index in [1.54, 1.807) is 7.11 Å². The third-order valence-corrected chi connectivity index (χ3v) is 5.46. The first-order valence-corrected chi connectivity index (χ1v) is 9.68. The summed E-state index contributed by atoms with van der Waals surface area (Å²) < 4.78 is 5.26. The zero-order chi connectivity index (χ0) is 18.6. The van der Waals surface area contributed by atoms with Crippen molar-refractivity contribution in [3.8, 4) is 17.0 Å². The second-order valence-corrected chi connectivity index (χ2v) is 6.98. The SMILES string of the molecule is CCN1CCCC1CNc1nnc(-c2ccc(OC)cc2)c2ccccc12. The van der Waals surface area contributed by atoms with Gasteiger partial charge >= 0.3 is 0 Å². The first-order valence-electron chi connectivity index (χ1n) is 9.68. The van der Waals surface area contributed by atoms with Crippen molar-refractivity contribution >= 4 is 16.6 Å². The maximum atomic E-state index is 5.26. The first-order chi connectivity index (χ1) is 13.3. The van der Waals surface area contributed by atoms with Crippen LogP contribution in [-0.2, 0) is 0 Å². The Morgan fingerprint density at radius 3 is 2.59 bits per heavy atom. The highest BCUT2D eigenvalue weighted by Crippen LogP contribution is 2.30. The number of nitrogens with zero attached hydrogens (tertiary/aromatic N) is 3. The van der Waals surface area contributed by atoms with E-state index in [0.29, 0.717) is 6.04 Å². The van der Waals surface area contributed by atoms with Crippen LogP contribution in [0.4, 0.5) is 5.82 Å². The van der Waals surface area contributed by atoms with Crippen LogP contribution >= 0.6 is 0 Å². The number of likely N-dealkylation sites (tertiary alicyclic amines) is 1. The molecule has 1 aliphatic rings. The zero-order valence-corrected chi connectivity index (χ0v) is 16.0. The lowest BCUT2D eigenvalue weighted by molar-refractivity contribution is 0.277. The number of fused-ring (bicyclic) bond motifs is 1. The highest BCUT2D eigenvalue weighted by atomic mass is 16.5. The van der Waals surface area contributed by atoms with E-state index in [0.717, 1.165) is 46.7 Å². The maximum absolute atomic E-state index is 5.26. The molecular weight excluding hydrogens is 336 g/mol. The molecule has 1 unspecified atom stereocenters. The quantitative estimate of drug-likeness (QED) is 0.712. The van der Waals surface area contributed by atoms with Gasteiger partial charge in [0.05, 0.1) is 7.11 Å². The Labute approximate surface area is 160 Å². The largest absolute Gasteiger partial charge is 0.497 e. The van der Waals surface area contributed by atoms with E-state index in [1.807, 2.05) is 24.3 Å². The second kappa shape index (κ2) is 7.92. The summed E-state index contributed by atoms with van der Waals surface area (Å²) >= 11 is 0. The number of nitrogens with one attached hydrogen (secondary N) is 1. The van der Waals surface area contributed by atoms with Gasteiger partial charge in [-0.2, -0.15) is 0 Å². The van der Waals surface area contributed by atoms with Crippen LogP contribution in [0.15, 0.2) is 48.5 Å². The molecule has 0 bridgehead atoms. The van der Waals surface area contributed by atoms with Gasteiger partial charge in [-0.25, -0.2) is 0 Å². The van der Waals surface area contributed by atoms with Gasteiger partial charge in [0.25, 0.3) is 0 Å². The summed E-state index contributed by atoms with van der Waals surface area (Å²) in [4.78, 5) is 2.54. The van der Waals surface area contributed by atoms with Gasteiger partial charge in [-0.1, -0.05) is 31.2 Å². The predicted molar refractivity (Wildman–Crippen MR) is 110 cm³/mol. The van der Waals surface area contributed by atoms with Crippen LogP contribution in [0, 0.1) is 0 Å². The molecule has 0 saturated carbocycles. The third-order valence-electron chi connectivity index (χ3n) is 5.46. The van der Waals surface area contributed by atoms with Gasteiger partial charge < -0.3 is 10.1 Å². The van der Waals surface area contributed by atoms with E-state index in [-0.39, 0.29) is 0 Å². The summed E-state index contributed by atoms with van der Waals surface area (Å²) in [6.07, 6.45) is 2.53. The topological polar surface area (TPSA) is 50.3 Å². The van der Waals surface area contributed by atoms with Crippen molar-refractivity contribution in [3.63, 3.8) is 0 Å². The summed E-state index contributed by atoms with van der Waals surface area (Å²) in [6.45, 7) is 5.45. The number of rotatable bonds is 6. The molecule has 4 rings (SSSR count). The monoisotopic (exact) mass is 362 g/mol. The van der Waals surface area contributed by atoms with Gasteiger partial charge in [-0.05, 0) is 50.2 Å². The fourth-order valence-corrected chi connectivity index (χ4v) is 3.95. The number of ether oxygens (including phenoxy) is 1. The molecule has 1 fully saturated rings. The summed E-state index contributed by atoms with van der Waals surface area (Å²) in [5.41, 5.74) is 1.94. The van der Waals surface area contributed by atoms with E-state index in [9.17, 15) is 0 Å². The summed E-state index contributed by atoms with van der Waals surface area (Å²) in [7, 11) is 1.68. The number of anilines is 1. The number of likely N-dealkylation sites (N-methyl/N-ethyl adjacent to an activating group) is 1. The van der Waals surface area contributed by atoms with E-state index in [2.05, 4.69) is 51.6 Å². The highest BCUT2D eigenvalue weighted by Gasteiger charge is 2.23. The molecule has 0 amide bonds. The summed E-state index contributed by atoms with van der Waals surface area (Å²) in [6, 6.07) is 16.9. The molecule has 27 heavy (non-hydrogen) atoms. The van der Waals surface area contributed by atoms with E-state index < -0.39 is 0 Å². The Bertz CT molecular complexity index is 910. The molecule has 1 aliphatic heterocycles. The van der Waals surface area contributed by atoms with Gasteiger partial charge in [-0.3, -0.25) is 4.90 Å². The van der Waals surface area contributed by atoms with Gasteiger partial charge in [-0.15, -0.1) is 10.2 Å². The minimum Gasteiger partial charge on any atom is -0.497 e. The van der Waals surface area contributed by atoms with E-state index >= 15 is 0 Å². The number of methoxy groups -OCH3 is 1. The average Bonchev–Trinajstić information content (AvgIpc) is 3.19. The zero-order valence-electron chi connectivity index (χ0n) is 16.0. The van der Waals surface area contributed by atoms with Crippen molar-refractivity contribution < 1.29 is 4.74 Å². The van der Waals surface area contributed by atoms with Crippen molar-refractivity contribution in [2.75, 3.05) is 32.1 Å². The minimum absolute atomic E-state index is 0.580. The molecule has 1 saturated heterocycles. The molecule has 1 N–H and O–H groups in total. The van der Waals surface area contributed by atoms with Gasteiger partial charge in [0, 0.05) is 28.9 Å². The van der Waals surface area contributed by atoms with Crippen molar-refractivity contribution in [1.29, 1.82) is 0 Å². The molecule has 1 atom stereocenters. The Morgan fingerprint density at radius 1 is 1.07 bits per heavy atom. The predicted octanol–water partition coefficient (Wildman–Crippen LogP) is 4.20. The van der Waals surface area contributed by atoms with Crippen molar-refractivity contribution in [1.82, 2.24) is 15.1 Å². The lowest BCUT2D eigenvalue weighted by Crippen LogP contribution is -2.34.